The molecule has 1 unspecified atom stereocenters. The van der Waals surface area contributed by atoms with E-state index in [1.807, 2.05) is 0 Å². The van der Waals surface area contributed by atoms with Crippen molar-refractivity contribution in [1.29, 1.82) is 0 Å². The van der Waals surface area contributed by atoms with Crippen molar-refractivity contribution in [2.75, 3.05) is 0 Å². The molecule has 0 fully saturated rings. The summed E-state index contributed by atoms with van der Waals surface area (Å²) in [5.41, 5.74) is 5.38. The van der Waals surface area contributed by atoms with Gasteiger partial charge in [0.2, 0.25) is 0 Å². The van der Waals surface area contributed by atoms with E-state index in [2.05, 4.69) is 60.8 Å². The summed E-state index contributed by atoms with van der Waals surface area (Å²) >= 11 is 0.500. The molecule has 0 aliphatic heterocycles. The van der Waals surface area contributed by atoms with Crippen LogP contribution in [0.15, 0.2) is 29.8 Å². The zero-order valence-corrected chi connectivity index (χ0v) is 13.8. The quantitative estimate of drug-likeness (QED) is 0.662. The molecule has 0 N–H and O–H groups in total. The molecule has 1 aromatic carbocycles. The van der Waals surface area contributed by atoms with Crippen LogP contribution < -0.4 is 0 Å². The Labute approximate surface area is 111 Å². The Kier molecular flexibility index (Phi) is 5.74. The van der Waals surface area contributed by atoms with Crippen LogP contribution in [-0.4, -0.2) is 8.80 Å². The molecule has 1 aliphatic rings. The van der Waals surface area contributed by atoms with Gasteiger partial charge in [0.15, 0.2) is 0 Å². The van der Waals surface area contributed by atoms with Gasteiger partial charge in [0.05, 0.1) is 0 Å². The van der Waals surface area contributed by atoms with Crippen LogP contribution in [0.1, 0.15) is 23.6 Å². The Morgan fingerprint density at radius 1 is 1.12 bits per heavy atom. The van der Waals surface area contributed by atoms with E-state index in [0.717, 1.165) is 5.54 Å². The van der Waals surface area contributed by atoms with Crippen molar-refractivity contribution < 1.29 is 19.2 Å². The first-order valence-electron chi connectivity index (χ1n) is 5.97. The molecule has 0 saturated carbocycles. The summed E-state index contributed by atoms with van der Waals surface area (Å²) < 4.78 is 0. The van der Waals surface area contributed by atoms with Crippen molar-refractivity contribution in [2.45, 2.75) is 36.0 Å². The third-order valence-electron chi connectivity index (χ3n) is 2.87. The van der Waals surface area contributed by atoms with E-state index < -0.39 is 8.80 Å². The molecule has 86 valence electrons. The zero-order valence-electron chi connectivity index (χ0n) is 11.0. The molecule has 0 saturated heterocycles. The predicted octanol–water partition coefficient (Wildman–Crippen LogP) is 4.38. The second-order valence-corrected chi connectivity index (χ2v) is 9.46. The average molecular weight is 266 g/mol. The van der Waals surface area contributed by atoms with Crippen molar-refractivity contribution in [3.05, 3.63) is 41.0 Å². The fourth-order valence-electron chi connectivity index (χ4n) is 2.39. The minimum atomic E-state index is -0.586. The van der Waals surface area contributed by atoms with Crippen LogP contribution in [0.25, 0.3) is 6.08 Å². The Morgan fingerprint density at radius 3 is 2.25 bits per heavy atom. The number of hydrogen-bond acceptors (Lipinski definition) is 0. The van der Waals surface area contributed by atoms with E-state index >= 15 is 0 Å². The Morgan fingerprint density at radius 2 is 1.69 bits per heavy atom. The molecule has 0 spiro atoms. The zero-order chi connectivity index (χ0) is 12.1. The van der Waals surface area contributed by atoms with Gasteiger partial charge >= 0.3 is 29.6 Å². The summed E-state index contributed by atoms with van der Waals surface area (Å²) in [6.07, 6.45) is 2.35. The third kappa shape index (κ3) is 3.19. The molecular weight excluding hydrogens is 244 g/mol. The molecule has 0 heterocycles. The molecule has 0 amide bonds. The second-order valence-electron chi connectivity index (χ2n) is 4.74. The van der Waals surface area contributed by atoms with E-state index in [1.165, 1.54) is 5.56 Å². The fraction of sp³-hybridized carbons (Fsp3) is 0.429. The van der Waals surface area contributed by atoms with Crippen molar-refractivity contribution in [3.63, 3.8) is 0 Å². The van der Waals surface area contributed by atoms with E-state index in [4.69, 9.17) is 0 Å². The first-order chi connectivity index (χ1) is 7.61. The van der Waals surface area contributed by atoms with Gasteiger partial charge < -0.3 is 0 Å². The number of benzene rings is 1. The summed E-state index contributed by atoms with van der Waals surface area (Å²) in [6, 6.07) is 8.82. The van der Waals surface area contributed by atoms with Gasteiger partial charge in [-0.2, -0.15) is 0 Å². The molecule has 2 heteroatoms. The van der Waals surface area contributed by atoms with Crippen LogP contribution in [-0.2, 0) is 19.2 Å². The van der Waals surface area contributed by atoms with Crippen LogP contribution in [0, 0.1) is 0 Å². The number of hydrogen-bond donors (Lipinski definition) is 0. The van der Waals surface area contributed by atoms with Crippen molar-refractivity contribution >= 4 is 14.9 Å². The molecule has 2 rings (SSSR count). The molecule has 1 aliphatic carbocycles. The number of rotatable bonds is 1. The molecular formula is C14H22SiTi. The Balaban J connectivity index is 0.000000386. The average Bonchev–Trinajstić information content (AvgIpc) is 2.54. The summed E-state index contributed by atoms with van der Waals surface area (Å²) in [5, 5.41) is 4.50. The van der Waals surface area contributed by atoms with Gasteiger partial charge in [-0.3, -0.25) is 0 Å². The van der Waals surface area contributed by atoms with Gasteiger partial charge in [0, 0.05) is 8.80 Å². The molecule has 0 nitrogen and oxygen atoms in total. The first kappa shape index (κ1) is 14.0. The fourth-order valence-corrected chi connectivity index (χ4v) is 4.56. The van der Waals surface area contributed by atoms with Crippen LogP contribution >= 0.6 is 0 Å². The summed E-state index contributed by atoms with van der Waals surface area (Å²) in [6.45, 7) is 7.14. The monoisotopic (exact) mass is 266 g/mol. The molecule has 0 bridgehead atoms. The molecule has 0 radical (unpaired) electrons. The number of allylic oxidation sites excluding steroid dienone is 1. The van der Waals surface area contributed by atoms with Crippen LogP contribution in [0.5, 0.6) is 0 Å². The maximum absolute atomic E-state index is 2.43. The summed E-state index contributed by atoms with van der Waals surface area (Å²) in [7, 11) is -0.586. The van der Waals surface area contributed by atoms with E-state index in [9.17, 15) is 0 Å². The normalized spacial score (nSPS) is 17.4. The van der Waals surface area contributed by atoms with Crippen LogP contribution in [0.3, 0.4) is 0 Å². The van der Waals surface area contributed by atoms with E-state index in [1.54, 1.807) is 11.1 Å². The predicted molar refractivity (Wildman–Crippen MR) is 73.4 cm³/mol. The standard InChI is InChI=1S/C12H16Si.2CH3.Ti/c1-9-8-10-6-4-5-7-11(10)12(9)13(2)3;;;/h4-8,12-13H,1-3H3;2*1H3;. The van der Waals surface area contributed by atoms with Gasteiger partial charge in [0.1, 0.15) is 0 Å². The number of fused-ring (bicyclic) bond motifs is 1. The Hall–Kier alpha value is -0.109. The second kappa shape index (κ2) is 6.58. The topological polar surface area (TPSA) is 0 Å². The van der Waals surface area contributed by atoms with Gasteiger partial charge in [-0.1, -0.05) is 49.0 Å². The Bertz CT molecular complexity index is 369. The molecule has 0 aromatic heterocycles. The van der Waals surface area contributed by atoms with Gasteiger partial charge in [-0.15, -0.1) is 0 Å². The van der Waals surface area contributed by atoms with Crippen molar-refractivity contribution in [3.8, 4) is 0 Å². The molecule has 1 atom stereocenters. The van der Waals surface area contributed by atoms with E-state index in [-0.39, 0.29) is 0 Å². The minimum absolute atomic E-state index is 0.500. The van der Waals surface area contributed by atoms with Gasteiger partial charge in [-0.25, -0.2) is 0 Å². The van der Waals surface area contributed by atoms with Gasteiger partial charge in [0.25, 0.3) is 0 Å². The SMILES string of the molecule is CC1=Cc2ccccc2C1[SiH](C)C.[CH3][Ti][CH3]. The molecule has 1 aromatic rings. The van der Waals surface area contributed by atoms with E-state index in [0.29, 0.717) is 19.2 Å². The van der Waals surface area contributed by atoms with Crippen molar-refractivity contribution in [2.24, 2.45) is 0 Å². The third-order valence-corrected chi connectivity index (χ3v) is 5.09. The summed E-state index contributed by atoms with van der Waals surface area (Å²) in [4.78, 5) is 0. The van der Waals surface area contributed by atoms with Crippen molar-refractivity contribution in [1.82, 2.24) is 0 Å². The maximum atomic E-state index is 2.43. The van der Waals surface area contributed by atoms with Crippen LogP contribution in [0.2, 0.25) is 23.6 Å². The van der Waals surface area contributed by atoms with Crippen LogP contribution in [0.4, 0.5) is 0 Å². The molecule has 16 heavy (non-hydrogen) atoms. The summed E-state index contributed by atoms with van der Waals surface area (Å²) in [5.74, 6) is 0. The first-order valence-corrected chi connectivity index (χ1v) is 12.1. The van der Waals surface area contributed by atoms with Gasteiger partial charge in [-0.05, 0) is 23.6 Å².